The van der Waals surface area contributed by atoms with Gasteiger partial charge < -0.3 is 4.42 Å². The number of rotatable bonds is 5. The second-order valence-electron chi connectivity index (χ2n) is 14.5. The highest BCUT2D eigenvalue weighted by Crippen LogP contribution is 2.36. The van der Waals surface area contributed by atoms with E-state index in [-0.39, 0.29) is 71.7 Å². The molecule has 249 valence electrons. The van der Waals surface area contributed by atoms with Crippen molar-refractivity contribution in [3.63, 3.8) is 0 Å². The Balaban J connectivity index is 1.20. The highest BCUT2D eigenvalue weighted by molar-refractivity contribution is 6.85. The van der Waals surface area contributed by atoms with Crippen LogP contribution >= 0.6 is 0 Å². The fraction of sp³-hybridized carbons (Fsp3) is 0. The van der Waals surface area contributed by atoms with Gasteiger partial charge in [0, 0.05) is 27.5 Å². The van der Waals surface area contributed by atoms with E-state index in [1.54, 1.807) is 7.28 Å². The van der Waals surface area contributed by atoms with Gasteiger partial charge >= 0.3 is 0 Å². The summed E-state index contributed by atoms with van der Waals surface area (Å²) in [6, 6.07) is 36.3. The van der Waals surface area contributed by atoms with Crippen molar-refractivity contribution in [1.29, 1.82) is 0 Å². The number of nitrogens with zero attached hydrogens (tertiary/aromatic N) is 3. The van der Waals surface area contributed by atoms with E-state index in [1.807, 2.05) is 72.8 Å². The third-order valence-electron chi connectivity index (χ3n) is 11.2. The van der Waals surface area contributed by atoms with Gasteiger partial charge in [0.2, 0.25) is 0 Å². The van der Waals surface area contributed by atoms with Gasteiger partial charge in [0.1, 0.15) is 81.8 Å². The Morgan fingerprint density at radius 1 is 0.322 bits per heavy atom. The van der Waals surface area contributed by atoms with Crippen LogP contribution in [0.2, 0.25) is 0 Å². The van der Waals surface area contributed by atoms with Crippen LogP contribution in [0, 0.1) is 0 Å². The molecule has 9 aromatic rings. The van der Waals surface area contributed by atoms with Gasteiger partial charge in [-0.1, -0.05) is 137 Å². The molecule has 14 heteroatoms. The molecule has 0 N–H and O–H groups in total. The Labute approximate surface area is 354 Å². The number of benzene rings is 7. The second kappa shape index (κ2) is 14.1. The first-order valence-corrected chi connectivity index (χ1v) is 18.6. The van der Waals surface area contributed by atoms with Gasteiger partial charge in [-0.25, -0.2) is 15.0 Å². The molecule has 59 heavy (non-hydrogen) atoms. The molecule has 0 amide bonds. The third-order valence-corrected chi connectivity index (χ3v) is 11.2. The summed E-state index contributed by atoms with van der Waals surface area (Å²) in [6.07, 6.45) is 0. The van der Waals surface area contributed by atoms with Crippen molar-refractivity contribution in [2.75, 3.05) is 0 Å². The summed E-state index contributed by atoms with van der Waals surface area (Å²) < 4.78 is 6.52. The summed E-state index contributed by atoms with van der Waals surface area (Å²) in [6.45, 7) is 0. The molecular formula is C45H18B10N3O. The fourth-order valence-electron chi connectivity index (χ4n) is 8.07. The molecule has 2 aromatic heterocycles. The van der Waals surface area contributed by atoms with E-state index in [1.165, 1.54) is 0 Å². The first-order chi connectivity index (χ1) is 28.5. The molecule has 0 saturated carbocycles. The van der Waals surface area contributed by atoms with E-state index >= 15 is 0 Å². The molecule has 0 saturated heterocycles. The topological polar surface area (TPSA) is 51.8 Å². The maximum atomic E-state index is 7.29. The van der Waals surface area contributed by atoms with Gasteiger partial charge in [0.15, 0.2) is 24.8 Å². The standard InChI is InChI=1S/C45H18B10N3O/c46-30-25-26-28-40(55-39-27(25)31(47)33(49)34(50)36(39)52)37(53)35(51)38(54)42(28)59-41(26)32(48)29(30)45-57-43(23-9-5-2-6-10-23)56-44(58-45)24-17-15-22(16-18-24)21-13-11-20(12-14-21)19-7-3-1-4-8-19/h1-18H. The first kappa shape index (κ1) is 37.3. The monoisotopic (exact) mass is 726 g/mol. The maximum Gasteiger partial charge on any atom is 0.191 e. The molecule has 3 heterocycles. The van der Waals surface area contributed by atoms with Crippen molar-refractivity contribution in [3.8, 4) is 67.5 Å². The van der Waals surface area contributed by atoms with Crippen LogP contribution in [-0.4, -0.2) is 92.8 Å². The lowest BCUT2D eigenvalue weighted by Gasteiger charge is -2.25. The molecule has 0 spiro atoms. The normalized spacial score (nSPS) is 11.8. The Hall–Kier alpha value is -6.00. The number of fused-ring (bicyclic) bond motifs is 2. The average molecular weight is 725 g/mol. The minimum Gasteiger partial charge on any atom is -0.457 e. The summed E-state index contributed by atoms with van der Waals surface area (Å²) in [4.78, 5) is 14.9. The minimum atomic E-state index is 0.0858. The highest BCUT2D eigenvalue weighted by atomic mass is 16.3. The Morgan fingerprint density at radius 2 is 0.746 bits per heavy atom. The summed E-state index contributed by atoms with van der Waals surface area (Å²) in [5.74, 6) is 0.956. The molecule has 1 aliphatic heterocycles. The SMILES string of the molecule is [B]c1c([B])c([B])c2c(c1[B])[B]c1c([B])c([B])c([B])c3oc4c([B])c(-c5nc(-c6ccccc6)nc(-c6ccc(-c7ccc(-c8ccccc8)cc7)cc6)n5)c([B])c-2c4c13. The third kappa shape index (κ3) is 5.78. The van der Waals surface area contributed by atoms with Crippen molar-refractivity contribution in [2.24, 2.45) is 0 Å². The predicted octanol–water partition coefficient (Wildman–Crippen LogP) is -1.11. The molecule has 0 unspecified atom stereocenters. The van der Waals surface area contributed by atoms with Crippen molar-refractivity contribution in [2.45, 2.75) is 0 Å². The lowest BCUT2D eigenvalue weighted by molar-refractivity contribution is 0.674. The number of hydrogen-bond donors (Lipinski definition) is 0. The van der Waals surface area contributed by atoms with Crippen molar-refractivity contribution in [1.82, 2.24) is 15.0 Å². The molecule has 10 rings (SSSR count). The smallest absolute Gasteiger partial charge is 0.191 e. The molecule has 4 nitrogen and oxygen atoms in total. The molecule has 0 aliphatic carbocycles. The van der Waals surface area contributed by atoms with Crippen LogP contribution in [-0.2, 0) is 0 Å². The lowest BCUT2D eigenvalue weighted by Crippen LogP contribution is -2.60. The molecule has 0 fully saturated rings. The Morgan fingerprint density at radius 3 is 1.32 bits per heavy atom. The van der Waals surface area contributed by atoms with Crippen molar-refractivity contribution in [3.05, 3.63) is 109 Å². The molecule has 19 radical (unpaired) electrons. The van der Waals surface area contributed by atoms with Crippen LogP contribution in [0.15, 0.2) is 114 Å². The van der Waals surface area contributed by atoms with E-state index in [4.69, 9.17) is 90.0 Å². The largest absolute Gasteiger partial charge is 0.457 e. The average Bonchev–Trinajstić information content (AvgIpc) is 3.59. The highest BCUT2D eigenvalue weighted by Gasteiger charge is 2.32. The van der Waals surface area contributed by atoms with Gasteiger partial charge in [-0.05, 0) is 38.8 Å². The molecule has 0 atom stereocenters. The van der Waals surface area contributed by atoms with E-state index in [9.17, 15) is 0 Å². The Kier molecular flexibility index (Phi) is 8.90. The van der Waals surface area contributed by atoms with Crippen LogP contribution in [0.5, 0.6) is 0 Å². The van der Waals surface area contributed by atoms with Gasteiger partial charge in [0.05, 0.1) is 0 Å². The van der Waals surface area contributed by atoms with Gasteiger partial charge in [-0.15, -0.1) is 27.3 Å². The van der Waals surface area contributed by atoms with Crippen LogP contribution in [0.1, 0.15) is 0 Å². The maximum absolute atomic E-state index is 7.29. The summed E-state index contributed by atoms with van der Waals surface area (Å²) in [7, 11) is 62.2. The zero-order chi connectivity index (χ0) is 40.9. The van der Waals surface area contributed by atoms with Gasteiger partial charge in [-0.2, -0.15) is 0 Å². The fourth-order valence-corrected chi connectivity index (χ4v) is 8.07. The van der Waals surface area contributed by atoms with E-state index in [2.05, 4.69) is 36.4 Å². The van der Waals surface area contributed by atoms with Crippen LogP contribution in [0.25, 0.3) is 89.5 Å². The molecular weight excluding hydrogens is 707 g/mol. The molecule has 7 aromatic carbocycles. The van der Waals surface area contributed by atoms with E-state index in [0.29, 0.717) is 44.5 Å². The summed E-state index contributed by atoms with van der Waals surface area (Å²) in [5, 5.41) is 1.01. The van der Waals surface area contributed by atoms with Crippen molar-refractivity contribution >= 4 is 160 Å². The number of hydrogen-bond acceptors (Lipinski definition) is 4. The second-order valence-corrected chi connectivity index (χ2v) is 14.5. The number of furan rings is 1. The summed E-state index contributed by atoms with van der Waals surface area (Å²) in [5.41, 5.74) is 9.64. The Bertz CT molecular complexity index is 3210. The number of aromatic nitrogens is 3. The van der Waals surface area contributed by atoms with Crippen LogP contribution in [0.4, 0.5) is 0 Å². The predicted molar refractivity (Wildman–Crippen MR) is 253 cm³/mol. The van der Waals surface area contributed by atoms with Crippen molar-refractivity contribution < 1.29 is 4.42 Å². The van der Waals surface area contributed by atoms with E-state index in [0.717, 1.165) is 33.4 Å². The zero-order valence-electron chi connectivity index (χ0n) is 31.4. The van der Waals surface area contributed by atoms with Gasteiger partial charge in [0.25, 0.3) is 0 Å². The zero-order valence-corrected chi connectivity index (χ0v) is 31.4. The van der Waals surface area contributed by atoms with Crippen LogP contribution in [0.3, 0.4) is 0 Å². The van der Waals surface area contributed by atoms with Crippen LogP contribution < -0.4 is 60.1 Å². The summed E-state index contributed by atoms with van der Waals surface area (Å²) >= 11 is 0. The first-order valence-electron chi connectivity index (χ1n) is 18.6. The van der Waals surface area contributed by atoms with Gasteiger partial charge in [-0.3, -0.25) is 0 Å². The molecule has 0 bridgehead atoms. The quantitative estimate of drug-likeness (QED) is 0.212. The minimum absolute atomic E-state index is 0.0858. The lowest BCUT2D eigenvalue weighted by atomic mass is 9.49. The van der Waals surface area contributed by atoms with E-state index < -0.39 is 0 Å². The molecule has 1 aliphatic rings.